The molecule has 3 heteroatoms. The molecule has 0 spiro atoms. The highest BCUT2D eigenvalue weighted by atomic mass is 19.1. The van der Waals surface area contributed by atoms with E-state index in [1.54, 1.807) is 6.07 Å². The van der Waals surface area contributed by atoms with Gasteiger partial charge in [0.2, 0.25) is 0 Å². The van der Waals surface area contributed by atoms with Crippen LogP contribution >= 0.6 is 0 Å². The van der Waals surface area contributed by atoms with Crippen molar-refractivity contribution in [2.24, 2.45) is 0 Å². The van der Waals surface area contributed by atoms with E-state index in [1.165, 1.54) is 6.07 Å². The zero-order chi connectivity index (χ0) is 10.2. The third-order valence-corrected chi connectivity index (χ3v) is 2.51. The highest BCUT2D eigenvalue weighted by Gasteiger charge is 2.35. The summed E-state index contributed by atoms with van der Waals surface area (Å²) in [5, 5.41) is 3.06. The van der Waals surface area contributed by atoms with Gasteiger partial charge in [-0.15, -0.1) is 0 Å². The fraction of sp³-hybridized carbons (Fsp3) is 0.455. The summed E-state index contributed by atoms with van der Waals surface area (Å²) < 4.78 is 19.0. The smallest absolute Gasteiger partial charge is 0.165 e. The van der Waals surface area contributed by atoms with Crippen LogP contribution < -0.4 is 10.1 Å². The molecule has 0 amide bonds. The van der Waals surface area contributed by atoms with Crippen molar-refractivity contribution in [3.05, 3.63) is 29.6 Å². The zero-order valence-electron chi connectivity index (χ0n) is 8.43. The van der Waals surface area contributed by atoms with Crippen LogP contribution in [0.25, 0.3) is 0 Å². The monoisotopic (exact) mass is 195 g/mol. The van der Waals surface area contributed by atoms with Crippen LogP contribution in [0.1, 0.15) is 12.5 Å². The summed E-state index contributed by atoms with van der Waals surface area (Å²) in [5.41, 5.74) is 0.655. The van der Waals surface area contributed by atoms with Crippen LogP contribution in [0.15, 0.2) is 18.2 Å². The van der Waals surface area contributed by atoms with Crippen molar-refractivity contribution in [2.45, 2.75) is 18.9 Å². The van der Waals surface area contributed by atoms with Crippen molar-refractivity contribution in [1.82, 2.24) is 5.32 Å². The topological polar surface area (TPSA) is 21.3 Å². The van der Waals surface area contributed by atoms with Gasteiger partial charge in [0.05, 0.1) is 0 Å². The van der Waals surface area contributed by atoms with E-state index in [9.17, 15) is 4.39 Å². The van der Waals surface area contributed by atoms with Crippen molar-refractivity contribution in [2.75, 3.05) is 13.6 Å². The van der Waals surface area contributed by atoms with Gasteiger partial charge in [0.1, 0.15) is 5.60 Å². The van der Waals surface area contributed by atoms with Crippen molar-refractivity contribution in [1.29, 1.82) is 0 Å². The van der Waals surface area contributed by atoms with E-state index < -0.39 is 0 Å². The third-order valence-electron chi connectivity index (χ3n) is 2.51. The highest BCUT2D eigenvalue weighted by molar-refractivity contribution is 5.40. The van der Waals surface area contributed by atoms with Crippen LogP contribution in [0.2, 0.25) is 0 Å². The standard InChI is InChI=1S/C11H14FNO/c1-11(7-13-2)6-8-4-3-5-9(12)10(8)14-11/h3-5,13H,6-7H2,1-2H3. The predicted octanol–water partition coefficient (Wildman–Crippen LogP) is 1.74. The Balaban J connectivity index is 2.29. The number of nitrogens with one attached hydrogen (secondary N) is 1. The fourth-order valence-electron chi connectivity index (χ4n) is 1.96. The molecule has 0 aliphatic carbocycles. The number of ether oxygens (including phenoxy) is 1. The average Bonchev–Trinajstić information content (AvgIpc) is 2.44. The third kappa shape index (κ3) is 1.48. The van der Waals surface area contributed by atoms with Gasteiger partial charge in [0, 0.05) is 18.5 Å². The first-order valence-corrected chi connectivity index (χ1v) is 4.76. The van der Waals surface area contributed by atoms with Crippen LogP contribution in [-0.2, 0) is 6.42 Å². The van der Waals surface area contributed by atoms with E-state index in [-0.39, 0.29) is 11.4 Å². The lowest BCUT2D eigenvalue weighted by molar-refractivity contribution is 0.112. The number of hydrogen-bond donors (Lipinski definition) is 1. The molecule has 14 heavy (non-hydrogen) atoms. The Kier molecular flexibility index (Phi) is 2.19. The van der Waals surface area contributed by atoms with Gasteiger partial charge in [-0.1, -0.05) is 12.1 Å². The van der Waals surface area contributed by atoms with Crippen LogP contribution in [0, 0.1) is 5.82 Å². The number of likely N-dealkylation sites (N-methyl/N-ethyl adjacent to an activating group) is 1. The maximum Gasteiger partial charge on any atom is 0.165 e. The van der Waals surface area contributed by atoms with E-state index in [2.05, 4.69) is 5.32 Å². The van der Waals surface area contributed by atoms with Gasteiger partial charge in [-0.3, -0.25) is 0 Å². The molecule has 1 atom stereocenters. The van der Waals surface area contributed by atoms with Gasteiger partial charge < -0.3 is 10.1 Å². The maximum absolute atomic E-state index is 13.3. The van der Waals surface area contributed by atoms with Crippen LogP contribution in [0.4, 0.5) is 4.39 Å². The Hall–Kier alpha value is -1.09. The molecule has 1 aromatic carbocycles. The van der Waals surface area contributed by atoms with E-state index in [0.717, 1.165) is 18.5 Å². The van der Waals surface area contributed by atoms with Gasteiger partial charge in [-0.2, -0.15) is 0 Å². The van der Waals surface area contributed by atoms with E-state index in [0.29, 0.717) is 5.75 Å². The Morgan fingerprint density at radius 3 is 3.00 bits per heavy atom. The largest absolute Gasteiger partial charge is 0.483 e. The number of fused-ring (bicyclic) bond motifs is 1. The van der Waals surface area contributed by atoms with Gasteiger partial charge in [-0.05, 0) is 20.0 Å². The molecule has 76 valence electrons. The molecule has 1 aliphatic rings. The minimum atomic E-state index is -0.306. The second-order valence-corrected chi connectivity index (χ2v) is 3.99. The van der Waals surface area contributed by atoms with Gasteiger partial charge in [0.15, 0.2) is 11.6 Å². The molecule has 0 aromatic heterocycles. The Labute approximate surface area is 83.1 Å². The first-order chi connectivity index (χ1) is 6.64. The minimum absolute atomic E-state index is 0.262. The Morgan fingerprint density at radius 2 is 2.36 bits per heavy atom. The lowest BCUT2D eigenvalue weighted by Crippen LogP contribution is -2.40. The summed E-state index contributed by atoms with van der Waals surface area (Å²) >= 11 is 0. The molecule has 1 heterocycles. The molecule has 0 saturated carbocycles. The number of rotatable bonds is 2. The average molecular weight is 195 g/mol. The molecule has 2 nitrogen and oxygen atoms in total. The summed E-state index contributed by atoms with van der Waals surface area (Å²) in [7, 11) is 1.87. The molecule has 0 fully saturated rings. The van der Waals surface area contributed by atoms with Crippen LogP contribution in [0.3, 0.4) is 0 Å². The number of benzene rings is 1. The molecular weight excluding hydrogens is 181 g/mol. The van der Waals surface area contributed by atoms with Crippen molar-refractivity contribution < 1.29 is 9.13 Å². The summed E-state index contributed by atoms with van der Waals surface area (Å²) in [6, 6.07) is 5.08. The summed E-state index contributed by atoms with van der Waals surface area (Å²) in [6.45, 7) is 2.71. The van der Waals surface area contributed by atoms with E-state index in [4.69, 9.17) is 4.74 Å². The first kappa shape index (κ1) is 9.46. The van der Waals surface area contributed by atoms with Gasteiger partial charge in [0.25, 0.3) is 0 Å². The molecule has 1 aromatic rings. The maximum atomic E-state index is 13.3. The molecular formula is C11H14FNO. The van der Waals surface area contributed by atoms with Crippen molar-refractivity contribution in [3.8, 4) is 5.75 Å². The molecule has 1 unspecified atom stereocenters. The SMILES string of the molecule is CNCC1(C)Cc2cccc(F)c2O1. The zero-order valence-corrected chi connectivity index (χ0v) is 8.43. The molecule has 1 aliphatic heterocycles. The van der Waals surface area contributed by atoms with Gasteiger partial charge in [-0.25, -0.2) is 4.39 Å². The molecule has 1 N–H and O–H groups in total. The Morgan fingerprint density at radius 1 is 1.57 bits per heavy atom. The summed E-state index contributed by atoms with van der Waals surface area (Å²) in [4.78, 5) is 0. The summed E-state index contributed by atoms with van der Waals surface area (Å²) in [5.74, 6) is 0.160. The molecule has 2 rings (SSSR count). The molecule has 0 saturated heterocycles. The predicted molar refractivity (Wildman–Crippen MR) is 53.1 cm³/mol. The van der Waals surface area contributed by atoms with Crippen molar-refractivity contribution in [3.63, 3.8) is 0 Å². The summed E-state index contributed by atoms with van der Waals surface area (Å²) in [6.07, 6.45) is 0.765. The van der Waals surface area contributed by atoms with Crippen LogP contribution in [0.5, 0.6) is 5.75 Å². The minimum Gasteiger partial charge on any atom is -0.483 e. The van der Waals surface area contributed by atoms with Crippen LogP contribution in [-0.4, -0.2) is 19.2 Å². The number of hydrogen-bond acceptors (Lipinski definition) is 2. The quantitative estimate of drug-likeness (QED) is 0.776. The number of para-hydroxylation sites is 1. The molecule has 0 radical (unpaired) electrons. The fourth-order valence-corrected chi connectivity index (χ4v) is 1.96. The lowest BCUT2D eigenvalue weighted by Gasteiger charge is -2.23. The van der Waals surface area contributed by atoms with Crippen molar-refractivity contribution >= 4 is 0 Å². The normalized spacial score (nSPS) is 24.5. The second kappa shape index (κ2) is 3.24. The Bertz CT molecular complexity index is 353. The lowest BCUT2D eigenvalue weighted by atomic mass is 9.99. The second-order valence-electron chi connectivity index (χ2n) is 3.99. The number of halogens is 1. The highest BCUT2D eigenvalue weighted by Crippen LogP contribution is 2.36. The van der Waals surface area contributed by atoms with E-state index in [1.807, 2.05) is 20.0 Å². The van der Waals surface area contributed by atoms with Gasteiger partial charge >= 0.3 is 0 Å². The first-order valence-electron chi connectivity index (χ1n) is 4.76. The van der Waals surface area contributed by atoms with E-state index >= 15 is 0 Å². The molecule has 0 bridgehead atoms.